The fraction of sp³-hybridized carbons (Fsp3) is 0.0476. The van der Waals surface area contributed by atoms with E-state index in [2.05, 4.69) is 30.9 Å². The average Bonchev–Trinajstić information content (AvgIpc) is 2.75. The van der Waals surface area contributed by atoms with Crippen LogP contribution < -0.4 is 21.4 Å². The third-order valence-electron chi connectivity index (χ3n) is 4.40. The molecule has 4 N–H and O–H groups in total. The molecule has 0 fully saturated rings. The number of fused-ring (bicyclic) bond motifs is 1. The number of hydrogen-bond acceptors (Lipinski definition) is 5. The maximum Gasteiger partial charge on any atom is 0.416 e. The quantitative estimate of drug-likeness (QED) is 0.367. The van der Waals surface area contributed by atoms with Gasteiger partial charge in [0, 0.05) is 29.3 Å². The summed E-state index contributed by atoms with van der Waals surface area (Å²) < 4.78 is 38.4. The Hall–Kier alpha value is -4.41. The van der Waals surface area contributed by atoms with Crippen molar-refractivity contribution in [1.82, 2.24) is 15.0 Å². The molecule has 162 valence electrons. The van der Waals surface area contributed by atoms with E-state index in [-0.39, 0.29) is 11.1 Å². The maximum absolute atomic E-state index is 12.8. The largest absolute Gasteiger partial charge is 0.416 e. The highest BCUT2D eigenvalue weighted by atomic mass is 19.4. The summed E-state index contributed by atoms with van der Waals surface area (Å²) in [5.74, 6) is 0.319. The molecule has 2 aromatic heterocycles. The van der Waals surface area contributed by atoms with Crippen LogP contribution in [0.25, 0.3) is 11.0 Å². The molecular weight excluding hydrogens is 425 g/mol. The highest BCUT2D eigenvalue weighted by Gasteiger charge is 2.30. The Bertz CT molecular complexity index is 1330. The van der Waals surface area contributed by atoms with Gasteiger partial charge in [-0.25, -0.2) is 14.8 Å². The Balaban J connectivity index is 1.44. The molecule has 0 unspecified atom stereocenters. The number of nitrogens with one attached hydrogen (secondary N) is 4. The van der Waals surface area contributed by atoms with Gasteiger partial charge in [-0.1, -0.05) is 6.07 Å². The molecule has 0 atom stereocenters. The zero-order valence-electron chi connectivity index (χ0n) is 16.2. The van der Waals surface area contributed by atoms with E-state index in [4.69, 9.17) is 0 Å². The van der Waals surface area contributed by atoms with Gasteiger partial charge in [-0.05, 0) is 42.5 Å². The third kappa shape index (κ3) is 4.67. The van der Waals surface area contributed by atoms with Gasteiger partial charge in [-0.2, -0.15) is 13.2 Å². The van der Waals surface area contributed by atoms with Gasteiger partial charge in [0.25, 0.3) is 0 Å². The lowest BCUT2D eigenvalue weighted by atomic mass is 10.2. The van der Waals surface area contributed by atoms with E-state index in [0.717, 1.165) is 12.1 Å². The molecule has 4 aromatic rings. The molecule has 11 heteroatoms. The minimum Gasteiger partial charge on any atom is -0.346 e. The second-order valence-corrected chi connectivity index (χ2v) is 6.65. The Morgan fingerprint density at radius 3 is 2.38 bits per heavy atom. The highest BCUT2D eigenvalue weighted by Crippen LogP contribution is 2.30. The number of carbonyl (C=O) groups excluding carboxylic acids is 1. The van der Waals surface area contributed by atoms with Crippen LogP contribution in [-0.2, 0) is 6.18 Å². The smallest absolute Gasteiger partial charge is 0.346 e. The van der Waals surface area contributed by atoms with Crippen molar-refractivity contribution in [3.8, 4) is 0 Å². The van der Waals surface area contributed by atoms with Crippen molar-refractivity contribution in [2.75, 3.05) is 16.0 Å². The number of alkyl halides is 3. The number of halogens is 3. The lowest BCUT2D eigenvalue weighted by molar-refractivity contribution is -0.137. The molecular formula is C21H15F3N6O2. The SMILES string of the molecule is O=C(Nc1ccc(Nc2ncnc3[nH]ccc(=O)c23)cc1)Nc1cccc(C(F)(F)F)c1. The monoisotopic (exact) mass is 440 g/mol. The summed E-state index contributed by atoms with van der Waals surface area (Å²) in [6.45, 7) is 0. The molecule has 2 heterocycles. The first kappa shape index (κ1) is 20.8. The van der Waals surface area contributed by atoms with E-state index in [1.807, 2.05) is 0 Å². The van der Waals surface area contributed by atoms with Crippen LogP contribution in [0.15, 0.2) is 71.9 Å². The topological polar surface area (TPSA) is 112 Å². The number of hydrogen-bond donors (Lipinski definition) is 4. The molecule has 2 amide bonds. The number of carbonyl (C=O) groups is 1. The Morgan fingerprint density at radius 1 is 0.906 bits per heavy atom. The zero-order chi connectivity index (χ0) is 22.7. The first-order valence-corrected chi connectivity index (χ1v) is 9.24. The molecule has 32 heavy (non-hydrogen) atoms. The number of amides is 2. The summed E-state index contributed by atoms with van der Waals surface area (Å²) in [7, 11) is 0. The van der Waals surface area contributed by atoms with Gasteiger partial charge in [0.05, 0.1) is 5.56 Å². The molecule has 0 saturated carbocycles. The Morgan fingerprint density at radius 2 is 1.62 bits per heavy atom. The second-order valence-electron chi connectivity index (χ2n) is 6.65. The highest BCUT2D eigenvalue weighted by molar-refractivity contribution is 6.00. The summed E-state index contributed by atoms with van der Waals surface area (Å²) in [5, 5.41) is 8.23. The van der Waals surface area contributed by atoms with E-state index in [0.29, 0.717) is 28.2 Å². The fourth-order valence-corrected chi connectivity index (χ4v) is 2.94. The van der Waals surface area contributed by atoms with Gasteiger partial charge in [0.15, 0.2) is 5.43 Å². The molecule has 0 aliphatic heterocycles. The molecule has 0 aliphatic rings. The number of H-pyrrole nitrogens is 1. The number of aromatic amines is 1. The van der Waals surface area contributed by atoms with E-state index < -0.39 is 17.8 Å². The maximum atomic E-state index is 12.8. The van der Waals surface area contributed by atoms with Crippen molar-refractivity contribution < 1.29 is 18.0 Å². The molecule has 0 aliphatic carbocycles. The van der Waals surface area contributed by atoms with Crippen molar-refractivity contribution in [2.45, 2.75) is 6.18 Å². The van der Waals surface area contributed by atoms with Crippen LogP contribution in [0.4, 0.5) is 40.8 Å². The average molecular weight is 440 g/mol. The summed E-state index contributed by atoms with van der Waals surface area (Å²) >= 11 is 0. The van der Waals surface area contributed by atoms with Crippen molar-refractivity contribution >= 4 is 39.9 Å². The Labute approximate surface area is 178 Å². The van der Waals surface area contributed by atoms with Gasteiger partial charge in [0.1, 0.15) is 23.2 Å². The van der Waals surface area contributed by atoms with E-state index in [1.54, 1.807) is 24.3 Å². The normalized spacial score (nSPS) is 11.2. The molecule has 0 saturated heterocycles. The standard InChI is InChI=1S/C21H15F3N6O2/c22-21(23,24)12-2-1-3-15(10-12)30-20(32)29-14-6-4-13(5-7-14)28-19-17-16(31)8-9-25-18(17)26-11-27-19/h1-11H,(H2,29,30,32)(H2,25,26,27,28,31). The molecule has 0 spiro atoms. The minimum absolute atomic E-state index is 0.0106. The number of nitrogens with zero attached hydrogens (tertiary/aromatic N) is 2. The summed E-state index contributed by atoms with van der Waals surface area (Å²) in [6.07, 6.45) is -1.70. The lowest BCUT2D eigenvalue weighted by Crippen LogP contribution is -2.19. The number of pyridine rings is 1. The number of rotatable bonds is 4. The number of anilines is 4. The first-order chi connectivity index (χ1) is 15.3. The predicted octanol–water partition coefficient (Wildman–Crippen LogP) is 4.72. The lowest BCUT2D eigenvalue weighted by Gasteiger charge is -2.11. The molecule has 0 bridgehead atoms. The van der Waals surface area contributed by atoms with Crippen LogP contribution in [0.2, 0.25) is 0 Å². The molecule has 2 aromatic carbocycles. The molecule has 8 nitrogen and oxygen atoms in total. The van der Waals surface area contributed by atoms with Crippen LogP contribution in [0.5, 0.6) is 0 Å². The van der Waals surface area contributed by atoms with Crippen molar-refractivity contribution in [3.63, 3.8) is 0 Å². The summed E-state index contributed by atoms with van der Waals surface area (Å²) in [4.78, 5) is 35.3. The van der Waals surface area contributed by atoms with Gasteiger partial charge in [-0.3, -0.25) is 4.79 Å². The molecule has 4 rings (SSSR count). The van der Waals surface area contributed by atoms with E-state index in [1.165, 1.54) is 30.7 Å². The van der Waals surface area contributed by atoms with Gasteiger partial charge < -0.3 is 20.9 Å². The fourth-order valence-electron chi connectivity index (χ4n) is 2.94. The van der Waals surface area contributed by atoms with Crippen LogP contribution in [0, 0.1) is 0 Å². The van der Waals surface area contributed by atoms with Crippen LogP contribution >= 0.6 is 0 Å². The zero-order valence-corrected chi connectivity index (χ0v) is 16.2. The number of urea groups is 1. The second kappa shape index (κ2) is 8.38. The van der Waals surface area contributed by atoms with Gasteiger partial charge >= 0.3 is 12.2 Å². The van der Waals surface area contributed by atoms with Crippen LogP contribution in [0.1, 0.15) is 5.56 Å². The van der Waals surface area contributed by atoms with Crippen LogP contribution in [-0.4, -0.2) is 21.0 Å². The summed E-state index contributed by atoms with van der Waals surface area (Å²) in [6, 6.07) is 11.5. The van der Waals surface area contributed by atoms with E-state index >= 15 is 0 Å². The Kier molecular flexibility index (Phi) is 5.46. The predicted molar refractivity (Wildman–Crippen MR) is 114 cm³/mol. The number of aromatic nitrogens is 3. The third-order valence-corrected chi connectivity index (χ3v) is 4.40. The first-order valence-electron chi connectivity index (χ1n) is 9.24. The molecule has 0 radical (unpaired) electrons. The number of benzene rings is 2. The van der Waals surface area contributed by atoms with Crippen molar-refractivity contribution in [3.05, 3.63) is 82.9 Å². The van der Waals surface area contributed by atoms with Crippen molar-refractivity contribution in [2.24, 2.45) is 0 Å². The van der Waals surface area contributed by atoms with Crippen molar-refractivity contribution in [1.29, 1.82) is 0 Å². The summed E-state index contributed by atoms with van der Waals surface area (Å²) in [5.41, 5.74) is 0.298. The van der Waals surface area contributed by atoms with E-state index in [9.17, 15) is 22.8 Å². The minimum atomic E-state index is -4.50. The van der Waals surface area contributed by atoms with Gasteiger partial charge in [0.2, 0.25) is 0 Å². The van der Waals surface area contributed by atoms with Crippen LogP contribution in [0.3, 0.4) is 0 Å². The van der Waals surface area contributed by atoms with Gasteiger partial charge in [-0.15, -0.1) is 0 Å².